The Kier molecular flexibility index (Phi) is 12.3. The Labute approximate surface area is 268 Å². The highest BCUT2D eigenvalue weighted by molar-refractivity contribution is 7.90. The lowest BCUT2D eigenvalue weighted by Crippen LogP contribution is -2.93. The molecule has 0 aromatic rings. The summed E-state index contributed by atoms with van der Waals surface area (Å²) in [6.07, 6.45) is 3.78. The molecule has 2 fully saturated rings. The van der Waals surface area contributed by atoms with E-state index in [4.69, 9.17) is 22.4 Å². The SMILES string of the molecule is C=C(C)C(=O)OCCC[Si](O[Si](C)(C)CCCOC(C)=O)([Si]1(C)CCC(C)(C)O[Si]1(C)C)[Si]1(C)CCC(C)(C)O[Si]1(C)C. The van der Waals surface area contributed by atoms with Crippen molar-refractivity contribution in [2.75, 3.05) is 13.2 Å². The maximum Gasteiger partial charge on any atom is 0.333 e. The Morgan fingerprint density at radius 3 is 1.58 bits per heavy atom. The molecule has 0 aliphatic carbocycles. The third-order valence-corrected chi connectivity index (χ3v) is 96.7. The van der Waals surface area contributed by atoms with Gasteiger partial charge in [0.1, 0.15) is 0 Å². The second-order valence-corrected chi connectivity index (χ2v) is 66.1. The van der Waals surface area contributed by atoms with Crippen LogP contribution in [0.15, 0.2) is 12.2 Å². The lowest BCUT2D eigenvalue weighted by atomic mass is 10.1. The molecular formula is C30H64O7Si6. The van der Waals surface area contributed by atoms with Gasteiger partial charge in [0, 0.05) is 12.5 Å². The Balaban J connectivity index is 2.75. The molecule has 0 aromatic carbocycles. The third-order valence-electron chi connectivity index (χ3n) is 10.9. The number of carbonyl (C=O) groups excluding carboxylic acids is 2. The smallest absolute Gasteiger partial charge is 0.333 e. The van der Waals surface area contributed by atoms with E-state index in [-0.39, 0.29) is 23.1 Å². The second-order valence-electron chi connectivity index (χ2n) is 16.6. The van der Waals surface area contributed by atoms with E-state index >= 15 is 0 Å². The fraction of sp³-hybridized carbons (Fsp3) is 0.867. The van der Waals surface area contributed by atoms with Gasteiger partial charge in [0.25, 0.3) is 0 Å². The molecule has 0 amide bonds. The molecular weight excluding hydrogens is 641 g/mol. The molecule has 0 aromatic heterocycles. The fourth-order valence-electron chi connectivity index (χ4n) is 8.07. The molecule has 7 nitrogen and oxygen atoms in total. The average Bonchev–Trinajstić information content (AvgIpc) is 2.82. The number of rotatable bonds is 13. The van der Waals surface area contributed by atoms with Crippen LogP contribution in [0, 0.1) is 0 Å². The van der Waals surface area contributed by atoms with Crippen molar-refractivity contribution in [2.24, 2.45) is 0 Å². The average molecular weight is 705 g/mol. The van der Waals surface area contributed by atoms with Gasteiger partial charge in [0.2, 0.25) is 0 Å². The Morgan fingerprint density at radius 1 is 0.767 bits per heavy atom. The molecule has 0 saturated carbocycles. The van der Waals surface area contributed by atoms with Crippen molar-refractivity contribution in [1.29, 1.82) is 0 Å². The zero-order valence-corrected chi connectivity index (χ0v) is 36.1. The molecule has 13 heteroatoms. The first-order chi connectivity index (χ1) is 19.3. The van der Waals surface area contributed by atoms with Crippen LogP contribution in [-0.4, -0.2) is 81.9 Å². The zero-order valence-electron chi connectivity index (χ0n) is 30.1. The van der Waals surface area contributed by atoms with Crippen LogP contribution in [-0.2, 0) is 32.0 Å². The lowest BCUT2D eigenvalue weighted by Gasteiger charge is -2.67. The van der Waals surface area contributed by atoms with Crippen LogP contribution < -0.4 is 0 Å². The molecule has 2 aliphatic rings. The number of hydrogen-bond acceptors (Lipinski definition) is 7. The Bertz CT molecular complexity index is 1000. The Hall–Kier alpha value is -0.139. The van der Waals surface area contributed by atoms with E-state index in [9.17, 15) is 9.59 Å². The maximum atomic E-state index is 12.4. The zero-order chi connectivity index (χ0) is 33.3. The van der Waals surface area contributed by atoms with Gasteiger partial charge in [-0.2, -0.15) is 0 Å². The third kappa shape index (κ3) is 8.62. The first-order valence-corrected chi connectivity index (χ1v) is 36.8. The van der Waals surface area contributed by atoms with Crippen LogP contribution in [0.4, 0.5) is 0 Å². The summed E-state index contributed by atoms with van der Waals surface area (Å²) in [4.78, 5) is 23.9. The molecule has 0 radical (unpaired) electrons. The molecule has 250 valence electrons. The Morgan fingerprint density at radius 2 is 1.19 bits per heavy atom. The molecule has 2 atom stereocenters. The number of ether oxygens (including phenoxy) is 2. The standard InChI is InChI=1S/C30H64O7Si6/c1-26(2)28(32)34-21-17-23-43(37-38(8,9)22-16-20-33-27(3)31,41(14)24-18-29(4,5)35-39(41,10)11)42(15)25-19-30(6,7)36-40(42,12)13/h1,16-25H2,2-15H3. The minimum Gasteiger partial charge on any atom is -0.466 e. The van der Waals surface area contributed by atoms with Crippen LogP contribution in [0.25, 0.3) is 0 Å². The predicted molar refractivity (Wildman–Crippen MR) is 193 cm³/mol. The van der Waals surface area contributed by atoms with Crippen LogP contribution >= 0.6 is 0 Å². The number of carbonyl (C=O) groups is 2. The number of hydrogen-bond donors (Lipinski definition) is 0. The highest BCUT2D eigenvalue weighted by Gasteiger charge is 2.76. The van der Waals surface area contributed by atoms with Gasteiger partial charge in [0.15, 0.2) is 31.3 Å². The summed E-state index contributed by atoms with van der Waals surface area (Å²) in [5.41, 5.74) is 0.213. The van der Waals surface area contributed by atoms with Crippen LogP contribution in [0.2, 0.25) is 76.6 Å². The first-order valence-electron chi connectivity index (χ1n) is 16.3. The van der Waals surface area contributed by atoms with E-state index in [0.29, 0.717) is 18.8 Å². The van der Waals surface area contributed by atoms with Gasteiger partial charge in [-0.1, -0.05) is 31.8 Å². The van der Waals surface area contributed by atoms with Gasteiger partial charge in [-0.15, -0.1) is 0 Å². The summed E-state index contributed by atoms with van der Waals surface area (Å²) in [6, 6.07) is 4.46. The maximum absolute atomic E-state index is 12.4. The fourth-order valence-corrected chi connectivity index (χ4v) is 133. The van der Waals surface area contributed by atoms with Crippen molar-refractivity contribution in [3.05, 3.63) is 12.2 Å². The minimum atomic E-state index is -2.56. The monoisotopic (exact) mass is 704 g/mol. The summed E-state index contributed by atoms with van der Waals surface area (Å²) >= 11 is 0. The summed E-state index contributed by atoms with van der Waals surface area (Å²) < 4.78 is 33.8. The van der Waals surface area contributed by atoms with Gasteiger partial charge in [-0.3, -0.25) is 4.79 Å². The van der Waals surface area contributed by atoms with Gasteiger partial charge in [-0.05, 0) is 112 Å². The van der Waals surface area contributed by atoms with Crippen molar-refractivity contribution < 1.29 is 32.0 Å². The van der Waals surface area contributed by atoms with Gasteiger partial charge >= 0.3 is 11.9 Å². The van der Waals surface area contributed by atoms with E-state index in [0.717, 1.165) is 37.8 Å². The van der Waals surface area contributed by atoms with Crippen molar-refractivity contribution in [1.82, 2.24) is 0 Å². The highest BCUT2D eigenvalue weighted by Crippen LogP contribution is 2.54. The van der Waals surface area contributed by atoms with Crippen molar-refractivity contribution in [3.8, 4) is 0 Å². The molecule has 2 rings (SSSR count). The van der Waals surface area contributed by atoms with Crippen molar-refractivity contribution in [2.45, 2.75) is 155 Å². The molecule has 2 heterocycles. The minimum absolute atomic E-state index is 0.114. The molecule has 2 unspecified atom stereocenters. The van der Waals surface area contributed by atoms with Gasteiger partial charge in [0.05, 0.1) is 38.6 Å². The number of esters is 2. The van der Waals surface area contributed by atoms with Crippen LogP contribution in [0.3, 0.4) is 0 Å². The van der Waals surface area contributed by atoms with E-state index < -0.39 is 45.6 Å². The largest absolute Gasteiger partial charge is 0.466 e. The van der Waals surface area contributed by atoms with E-state index in [1.165, 1.54) is 19.0 Å². The summed E-state index contributed by atoms with van der Waals surface area (Å²) in [5, 5.41) is 0. The van der Waals surface area contributed by atoms with Gasteiger partial charge < -0.3 is 22.4 Å². The predicted octanol–water partition coefficient (Wildman–Crippen LogP) is 7.90. The second kappa shape index (κ2) is 13.5. The van der Waals surface area contributed by atoms with E-state index in [1.54, 1.807) is 6.92 Å². The van der Waals surface area contributed by atoms with E-state index in [2.05, 4.69) is 86.6 Å². The van der Waals surface area contributed by atoms with Crippen molar-refractivity contribution >= 4 is 57.5 Å². The normalized spacial score (nSPS) is 29.3. The molecule has 0 spiro atoms. The molecule has 2 saturated heterocycles. The van der Waals surface area contributed by atoms with Crippen molar-refractivity contribution in [3.63, 3.8) is 0 Å². The highest BCUT2D eigenvalue weighted by atomic mass is 30.0. The quantitative estimate of drug-likeness (QED) is 0.0835. The molecule has 0 bridgehead atoms. The molecule has 0 N–H and O–H groups in total. The molecule has 2 aliphatic heterocycles. The van der Waals surface area contributed by atoms with Gasteiger partial charge in [-0.25, -0.2) is 4.79 Å². The van der Waals surface area contributed by atoms with Crippen LogP contribution in [0.1, 0.15) is 67.2 Å². The van der Waals surface area contributed by atoms with E-state index in [1.807, 2.05) is 0 Å². The first kappa shape index (κ1) is 39.0. The lowest BCUT2D eigenvalue weighted by molar-refractivity contribution is -0.141. The summed E-state index contributed by atoms with van der Waals surface area (Å²) in [5.74, 6) is -0.534. The summed E-state index contributed by atoms with van der Waals surface area (Å²) in [6.45, 7) is 37.1. The summed E-state index contributed by atoms with van der Waals surface area (Å²) in [7, 11) is -13.5. The van der Waals surface area contributed by atoms with Crippen LogP contribution in [0.5, 0.6) is 0 Å². The molecule has 43 heavy (non-hydrogen) atoms. The topological polar surface area (TPSA) is 80.3 Å².